The Kier molecular flexibility index (Phi) is 3.82. The van der Waals surface area contributed by atoms with E-state index >= 15 is 0 Å². The van der Waals surface area contributed by atoms with Crippen molar-refractivity contribution < 1.29 is 14.1 Å². The highest BCUT2D eigenvalue weighted by atomic mass is 16.5. The Morgan fingerprint density at radius 2 is 2.16 bits per heavy atom. The summed E-state index contributed by atoms with van der Waals surface area (Å²) in [6.07, 6.45) is 5.47. The SMILES string of the molecule is Cc1noc(C)c1CC(=O)N1CC(n2cc(N3CCCC3=O)cn2)C1. The molecule has 0 aliphatic carbocycles. The van der Waals surface area contributed by atoms with Crippen LogP contribution in [-0.4, -0.2) is 51.3 Å². The van der Waals surface area contributed by atoms with Gasteiger partial charge in [-0.3, -0.25) is 14.3 Å². The van der Waals surface area contributed by atoms with Crippen molar-refractivity contribution in [3.05, 3.63) is 29.4 Å². The number of aromatic nitrogens is 3. The number of likely N-dealkylation sites (tertiary alicyclic amines) is 1. The zero-order valence-corrected chi connectivity index (χ0v) is 14.4. The molecule has 0 aromatic carbocycles. The second kappa shape index (κ2) is 6.02. The van der Waals surface area contributed by atoms with Gasteiger partial charge in [-0.1, -0.05) is 5.16 Å². The maximum absolute atomic E-state index is 12.4. The van der Waals surface area contributed by atoms with Gasteiger partial charge in [0.15, 0.2) is 0 Å². The Balaban J connectivity index is 1.35. The molecule has 4 heterocycles. The molecule has 25 heavy (non-hydrogen) atoms. The number of hydrogen-bond donors (Lipinski definition) is 0. The van der Waals surface area contributed by atoms with Gasteiger partial charge in [-0.15, -0.1) is 0 Å². The van der Waals surface area contributed by atoms with E-state index in [1.165, 1.54) is 0 Å². The lowest BCUT2D eigenvalue weighted by Crippen LogP contribution is -2.51. The molecule has 8 nitrogen and oxygen atoms in total. The Bertz CT molecular complexity index is 799. The number of carbonyl (C=O) groups excluding carboxylic acids is 2. The van der Waals surface area contributed by atoms with Gasteiger partial charge in [-0.05, 0) is 20.3 Å². The summed E-state index contributed by atoms with van der Waals surface area (Å²) in [6.45, 7) is 5.71. The van der Waals surface area contributed by atoms with Crippen molar-refractivity contribution in [1.29, 1.82) is 0 Å². The first-order chi connectivity index (χ1) is 12.0. The second-order valence-electron chi connectivity index (χ2n) is 6.76. The zero-order valence-electron chi connectivity index (χ0n) is 14.4. The molecule has 2 aliphatic heterocycles. The fourth-order valence-corrected chi connectivity index (χ4v) is 3.43. The fraction of sp³-hybridized carbons (Fsp3) is 0.529. The van der Waals surface area contributed by atoms with Crippen LogP contribution >= 0.6 is 0 Å². The summed E-state index contributed by atoms with van der Waals surface area (Å²) in [6, 6.07) is 0.167. The van der Waals surface area contributed by atoms with Crippen LogP contribution in [0.5, 0.6) is 0 Å². The minimum absolute atomic E-state index is 0.0766. The van der Waals surface area contributed by atoms with Crippen LogP contribution in [0.1, 0.15) is 35.9 Å². The van der Waals surface area contributed by atoms with Crippen LogP contribution < -0.4 is 4.90 Å². The maximum atomic E-state index is 12.4. The Labute approximate surface area is 145 Å². The number of hydrogen-bond acceptors (Lipinski definition) is 5. The molecule has 2 aromatic heterocycles. The van der Waals surface area contributed by atoms with E-state index < -0.39 is 0 Å². The van der Waals surface area contributed by atoms with Gasteiger partial charge in [0, 0.05) is 37.8 Å². The van der Waals surface area contributed by atoms with Gasteiger partial charge in [0.25, 0.3) is 0 Å². The Hall–Kier alpha value is -2.64. The standard InChI is InChI=1S/C17H21N5O3/c1-11-15(12(2)25-19-11)6-17(24)20-8-14(9-20)22-10-13(7-18-22)21-5-3-4-16(21)23/h7,10,14H,3-6,8-9H2,1-2H3. The summed E-state index contributed by atoms with van der Waals surface area (Å²) in [5, 5.41) is 8.26. The number of aryl methyl sites for hydroxylation is 2. The highest BCUT2D eigenvalue weighted by molar-refractivity contribution is 5.95. The molecular formula is C17H21N5O3. The first-order valence-corrected chi connectivity index (χ1v) is 8.57. The minimum atomic E-state index is 0.0766. The van der Waals surface area contributed by atoms with Crippen molar-refractivity contribution in [2.45, 2.75) is 39.2 Å². The van der Waals surface area contributed by atoms with Gasteiger partial charge in [0.05, 0.1) is 30.0 Å². The minimum Gasteiger partial charge on any atom is -0.361 e. The molecular weight excluding hydrogens is 322 g/mol. The lowest BCUT2D eigenvalue weighted by atomic mass is 10.1. The number of nitrogens with zero attached hydrogens (tertiary/aromatic N) is 5. The molecule has 0 radical (unpaired) electrons. The summed E-state index contributed by atoms with van der Waals surface area (Å²) in [4.78, 5) is 27.8. The molecule has 0 N–H and O–H groups in total. The van der Waals surface area contributed by atoms with Crippen molar-refractivity contribution in [2.75, 3.05) is 24.5 Å². The number of rotatable bonds is 4. The van der Waals surface area contributed by atoms with Crippen LogP contribution in [0, 0.1) is 13.8 Å². The molecule has 0 unspecified atom stereocenters. The zero-order chi connectivity index (χ0) is 17.6. The quantitative estimate of drug-likeness (QED) is 0.834. The van der Waals surface area contributed by atoms with E-state index in [9.17, 15) is 9.59 Å². The molecule has 2 aromatic rings. The summed E-state index contributed by atoms with van der Waals surface area (Å²) in [5.74, 6) is 0.937. The molecule has 4 rings (SSSR count). The molecule has 132 valence electrons. The molecule has 0 bridgehead atoms. The monoisotopic (exact) mass is 343 g/mol. The number of carbonyl (C=O) groups is 2. The van der Waals surface area contributed by atoms with Crippen LogP contribution in [-0.2, 0) is 16.0 Å². The van der Waals surface area contributed by atoms with Gasteiger partial charge < -0.3 is 14.3 Å². The van der Waals surface area contributed by atoms with Crippen LogP contribution in [0.4, 0.5) is 5.69 Å². The molecule has 0 spiro atoms. The topological polar surface area (TPSA) is 84.5 Å². The Morgan fingerprint density at radius 1 is 1.36 bits per heavy atom. The normalized spacial score (nSPS) is 18.1. The summed E-state index contributed by atoms with van der Waals surface area (Å²) in [7, 11) is 0. The van der Waals surface area contributed by atoms with Crippen molar-refractivity contribution in [1.82, 2.24) is 19.8 Å². The van der Waals surface area contributed by atoms with Gasteiger partial charge >= 0.3 is 0 Å². The molecule has 2 fully saturated rings. The first kappa shape index (κ1) is 15.9. The molecule has 2 saturated heterocycles. The fourth-order valence-electron chi connectivity index (χ4n) is 3.43. The molecule has 0 atom stereocenters. The van der Waals surface area contributed by atoms with E-state index in [1.54, 1.807) is 11.1 Å². The average Bonchev–Trinajstić information content (AvgIpc) is 3.23. The van der Waals surface area contributed by atoms with E-state index in [0.29, 0.717) is 31.7 Å². The van der Waals surface area contributed by atoms with Gasteiger partial charge in [0.2, 0.25) is 11.8 Å². The van der Waals surface area contributed by atoms with E-state index in [2.05, 4.69) is 10.3 Å². The summed E-state index contributed by atoms with van der Waals surface area (Å²) < 4.78 is 6.97. The number of anilines is 1. The van der Waals surface area contributed by atoms with E-state index in [1.807, 2.05) is 29.6 Å². The van der Waals surface area contributed by atoms with Gasteiger partial charge in [0.1, 0.15) is 5.76 Å². The van der Waals surface area contributed by atoms with E-state index in [4.69, 9.17) is 4.52 Å². The average molecular weight is 343 g/mol. The summed E-state index contributed by atoms with van der Waals surface area (Å²) in [5.41, 5.74) is 2.50. The highest BCUT2D eigenvalue weighted by Gasteiger charge is 2.33. The second-order valence-corrected chi connectivity index (χ2v) is 6.76. The van der Waals surface area contributed by atoms with Crippen LogP contribution in [0.3, 0.4) is 0 Å². The van der Waals surface area contributed by atoms with Crippen molar-refractivity contribution in [2.24, 2.45) is 0 Å². The van der Waals surface area contributed by atoms with E-state index in [-0.39, 0.29) is 17.9 Å². The molecule has 2 aliphatic rings. The Morgan fingerprint density at radius 3 is 2.80 bits per heavy atom. The lowest BCUT2D eigenvalue weighted by Gasteiger charge is -2.39. The first-order valence-electron chi connectivity index (χ1n) is 8.57. The van der Waals surface area contributed by atoms with E-state index in [0.717, 1.165) is 29.9 Å². The maximum Gasteiger partial charge on any atom is 0.227 e. The number of amides is 2. The van der Waals surface area contributed by atoms with Crippen LogP contribution in [0.15, 0.2) is 16.9 Å². The molecule has 8 heteroatoms. The van der Waals surface area contributed by atoms with Crippen LogP contribution in [0.25, 0.3) is 0 Å². The van der Waals surface area contributed by atoms with Crippen LogP contribution in [0.2, 0.25) is 0 Å². The smallest absolute Gasteiger partial charge is 0.227 e. The third-order valence-corrected chi connectivity index (χ3v) is 5.07. The van der Waals surface area contributed by atoms with Crippen molar-refractivity contribution in [3.8, 4) is 0 Å². The molecule has 0 saturated carbocycles. The van der Waals surface area contributed by atoms with Crippen molar-refractivity contribution in [3.63, 3.8) is 0 Å². The third-order valence-electron chi connectivity index (χ3n) is 5.07. The van der Waals surface area contributed by atoms with Crippen molar-refractivity contribution >= 4 is 17.5 Å². The predicted octanol–water partition coefficient (Wildman–Crippen LogP) is 1.24. The third kappa shape index (κ3) is 2.81. The highest BCUT2D eigenvalue weighted by Crippen LogP contribution is 2.26. The predicted molar refractivity (Wildman–Crippen MR) is 89.1 cm³/mol. The largest absolute Gasteiger partial charge is 0.361 e. The lowest BCUT2D eigenvalue weighted by molar-refractivity contribution is -0.136. The molecule has 2 amide bonds. The summed E-state index contributed by atoms with van der Waals surface area (Å²) >= 11 is 0. The van der Waals surface area contributed by atoms with Gasteiger partial charge in [-0.25, -0.2) is 0 Å². The van der Waals surface area contributed by atoms with Gasteiger partial charge in [-0.2, -0.15) is 5.10 Å².